The van der Waals surface area contributed by atoms with E-state index in [9.17, 15) is 9.59 Å². The molecule has 0 saturated carbocycles. The fourth-order valence-corrected chi connectivity index (χ4v) is 2.31. The number of rotatable bonds is 1. The molecule has 4 heteroatoms. The van der Waals surface area contributed by atoms with Crippen LogP contribution in [0.5, 0.6) is 0 Å². The predicted octanol–water partition coefficient (Wildman–Crippen LogP) is 1.95. The molecule has 16 heavy (non-hydrogen) atoms. The summed E-state index contributed by atoms with van der Waals surface area (Å²) >= 11 is 0. The van der Waals surface area contributed by atoms with Crippen LogP contribution in [0.15, 0.2) is 6.08 Å². The minimum Gasteiger partial charge on any atom is -0.465 e. The zero-order valence-corrected chi connectivity index (χ0v) is 9.75. The Hall–Kier alpha value is -1.84. The van der Waals surface area contributed by atoms with Gasteiger partial charge in [-0.05, 0) is 31.9 Å². The fourth-order valence-electron chi connectivity index (χ4n) is 2.31. The first kappa shape index (κ1) is 10.7. The first-order chi connectivity index (χ1) is 7.49. The fraction of sp³-hybridized carbons (Fsp3) is 0.333. The molecule has 2 rings (SSSR count). The summed E-state index contributed by atoms with van der Waals surface area (Å²) in [4.78, 5) is 23.3. The number of ether oxygens (including phenoxy) is 1. The lowest BCUT2D eigenvalue weighted by atomic mass is 10.1. The standard InChI is InChI=1S/C12H13NO3/c1-6-5-9(14)13-8(3)10(12(15)16-4)7(2)11(6)13/h5H,1-4H3. The van der Waals surface area contributed by atoms with E-state index in [0.29, 0.717) is 11.3 Å². The summed E-state index contributed by atoms with van der Waals surface area (Å²) in [5, 5.41) is 0. The van der Waals surface area contributed by atoms with Gasteiger partial charge in [-0.25, -0.2) is 4.79 Å². The van der Waals surface area contributed by atoms with Gasteiger partial charge in [-0.15, -0.1) is 0 Å². The summed E-state index contributed by atoms with van der Waals surface area (Å²) in [7, 11) is 1.34. The number of hydrogen-bond acceptors (Lipinski definition) is 3. The molecule has 1 aromatic heterocycles. The molecule has 0 saturated heterocycles. The van der Waals surface area contributed by atoms with Crippen LogP contribution in [0.2, 0.25) is 0 Å². The van der Waals surface area contributed by atoms with E-state index in [0.717, 1.165) is 16.8 Å². The summed E-state index contributed by atoms with van der Waals surface area (Å²) in [6, 6.07) is 0. The second-order valence-corrected chi connectivity index (χ2v) is 3.93. The number of methoxy groups -OCH3 is 1. The highest BCUT2D eigenvalue weighted by Gasteiger charge is 2.29. The van der Waals surface area contributed by atoms with Gasteiger partial charge in [0, 0.05) is 11.8 Å². The van der Waals surface area contributed by atoms with Gasteiger partial charge in [0.15, 0.2) is 0 Å². The first-order valence-corrected chi connectivity index (χ1v) is 5.02. The topological polar surface area (TPSA) is 48.3 Å². The molecule has 0 amide bonds. The maximum Gasteiger partial charge on any atom is 0.339 e. The van der Waals surface area contributed by atoms with E-state index in [-0.39, 0.29) is 5.91 Å². The largest absolute Gasteiger partial charge is 0.465 e. The maximum absolute atomic E-state index is 11.7. The number of aromatic nitrogens is 1. The van der Waals surface area contributed by atoms with Crippen molar-refractivity contribution in [2.24, 2.45) is 0 Å². The summed E-state index contributed by atoms with van der Waals surface area (Å²) in [5.74, 6) is -0.485. The molecule has 0 unspecified atom stereocenters. The maximum atomic E-state index is 11.7. The van der Waals surface area contributed by atoms with E-state index in [4.69, 9.17) is 4.74 Å². The Morgan fingerprint density at radius 3 is 2.44 bits per heavy atom. The van der Waals surface area contributed by atoms with Crippen molar-refractivity contribution in [2.45, 2.75) is 20.8 Å². The van der Waals surface area contributed by atoms with Crippen LogP contribution < -0.4 is 0 Å². The molecular weight excluding hydrogens is 206 g/mol. The highest BCUT2D eigenvalue weighted by molar-refractivity contribution is 6.07. The Balaban J connectivity index is 2.74. The average Bonchev–Trinajstić information content (AvgIpc) is 2.66. The Morgan fingerprint density at radius 1 is 1.31 bits per heavy atom. The van der Waals surface area contributed by atoms with Gasteiger partial charge in [0.25, 0.3) is 5.91 Å². The van der Waals surface area contributed by atoms with Crippen molar-refractivity contribution in [3.63, 3.8) is 0 Å². The van der Waals surface area contributed by atoms with Crippen molar-refractivity contribution in [2.75, 3.05) is 7.11 Å². The normalized spacial score (nSPS) is 13.8. The molecule has 0 N–H and O–H groups in total. The molecule has 1 aliphatic heterocycles. The van der Waals surface area contributed by atoms with Crippen LogP contribution in [0.4, 0.5) is 0 Å². The van der Waals surface area contributed by atoms with E-state index >= 15 is 0 Å². The summed E-state index contributed by atoms with van der Waals surface area (Å²) in [6.45, 7) is 5.46. The average molecular weight is 219 g/mol. The highest BCUT2D eigenvalue weighted by Crippen LogP contribution is 2.32. The summed E-state index contributed by atoms with van der Waals surface area (Å²) in [5.41, 5.74) is 3.67. The van der Waals surface area contributed by atoms with Gasteiger partial charge in [-0.2, -0.15) is 0 Å². The smallest absolute Gasteiger partial charge is 0.339 e. The van der Waals surface area contributed by atoms with Crippen molar-refractivity contribution in [1.29, 1.82) is 0 Å². The van der Waals surface area contributed by atoms with Crippen LogP contribution >= 0.6 is 0 Å². The molecule has 0 spiro atoms. The number of allylic oxidation sites excluding steroid dienone is 2. The Kier molecular flexibility index (Phi) is 2.22. The van der Waals surface area contributed by atoms with E-state index in [1.807, 2.05) is 13.8 Å². The minimum absolute atomic E-state index is 0.0942. The number of carbonyl (C=O) groups is 2. The van der Waals surface area contributed by atoms with Crippen LogP contribution in [0.25, 0.3) is 5.57 Å². The van der Waals surface area contributed by atoms with E-state index in [1.54, 1.807) is 17.6 Å². The van der Waals surface area contributed by atoms with Gasteiger partial charge in [0.1, 0.15) is 0 Å². The Bertz CT molecular complexity index is 535. The first-order valence-electron chi connectivity index (χ1n) is 5.02. The number of fused-ring (bicyclic) bond motifs is 1. The zero-order chi connectivity index (χ0) is 12.0. The van der Waals surface area contributed by atoms with Crippen LogP contribution in [-0.2, 0) is 4.74 Å². The molecule has 2 heterocycles. The van der Waals surface area contributed by atoms with Crippen LogP contribution in [-0.4, -0.2) is 23.6 Å². The zero-order valence-electron chi connectivity index (χ0n) is 9.75. The van der Waals surface area contributed by atoms with Crippen molar-refractivity contribution >= 4 is 17.4 Å². The van der Waals surface area contributed by atoms with Crippen molar-refractivity contribution in [1.82, 2.24) is 4.57 Å². The van der Waals surface area contributed by atoms with Gasteiger partial charge in [-0.3, -0.25) is 9.36 Å². The quantitative estimate of drug-likeness (QED) is 0.678. The summed E-state index contributed by atoms with van der Waals surface area (Å²) in [6.07, 6.45) is 1.58. The monoisotopic (exact) mass is 219 g/mol. The SMILES string of the molecule is COC(=O)c1c(C)c2n(c1C)C(=O)C=C2C. The third-order valence-electron chi connectivity index (χ3n) is 2.97. The molecule has 0 fully saturated rings. The van der Waals surface area contributed by atoms with Crippen molar-refractivity contribution < 1.29 is 14.3 Å². The van der Waals surface area contributed by atoms with Gasteiger partial charge in [0.05, 0.1) is 18.4 Å². The molecule has 0 bridgehead atoms. The number of esters is 1. The van der Waals surface area contributed by atoms with Crippen LogP contribution in [0, 0.1) is 13.8 Å². The lowest BCUT2D eigenvalue weighted by Crippen LogP contribution is -2.09. The lowest BCUT2D eigenvalue weighted by molar-refractivity contribution is 0.0599. The van der Waals surface area contributed by atoms with Crippen LogP contribution in [0.3, 0.4) is 0 Å². The molecular formula is C12H13NO3. The van der Waals surface area contributed by atoms with E-state index in [2.05, 4.69) is 0 Å². The number of carbonyl (C=O) groups excluding carboxylic acids is 2. The minimum atomic E-state index is -0.391. The molecule has 1 aromatic rings. The van der Waals surface area contributed by atoms with Gasteiger partial charge in [0.2, 0.25) is 0 Å². The predicted molar refractivity (Wildman–Crippen MR) is 59.5 cm³/mol. The number of nitrogens with zero attached hydrogens (tertiary/aromatic N) is 1. The second kappa shape index (κ2) is 3.33. The van der Waals surface area contributed by atoms with Gasteiger partial charge >= 0.3 is 5.97 Å². The molecule has 4 nitrogen and oxygen atoms in total. The molecule has 0 atom stereocenters. The van der Waals surface area contributed by atoms with Gasteiger partial charge in [-0.1, -0.05) is 0 Å². The molecule has 0 aliphatic carbocycles. The summed E-state index contributed by atoms with van der Waals surface area (Å²) < 4.78 is 6.29. The molecule has 1 aliphatic rings. The van der Waals surface area contributed by atoms with E-state index < -0.39 is 5.97 Å². The Labute approximate surface area is 93.5 Å². The molecule has 0 aromatic carbocycles. The van der Waals surface area contributed by atoms with Gasteiger partial charge < -0.3 is 4.74 Å². The molecule has 84 valence electrons. The van der Waals surface area contributed by atoms with Crippen molar-refractivity contribution in [3.05, 3.63) is 28.6 Å². The third-order valence-corrected chi connectivity index (χ3v) is 2.97. The van der Waals surface area contributed by atoms with Crippen LogP contribution in [0.1, 0.15) is 39.0 Å². The number of hydrogen-bond donors (Lipinski definition) is 0. The van der Waals surface area contributed by atoms with Crippen molar-refractivity contribution in [3.8, 4) is 0 Å². The third kappa shape index (κ3) is 1.16. The van der Waals surface area contributed by atoms with E-state index in [1.165, 1.54) is 7.11 Å². The second-order valence-electron chi connectivity index (χ2n) is 3.93. The Morgan fingerprint density at radius 2 is 1.94 bits per heavy atom. The highest BCUT2D eigenvalue weighted by atomic mass is 16.5. The lowest BCUT2D eigenvalue weighted by Gasteiger charge is -2.01. The molecule has 0 radical (unpaired) electrons.